The number of hydrogen-bond donors (Lipinski definition) is 2. The van der Waals surface area contributed by atoms with Gasteiger partial charge >= 0.3 is 0 Å². The highest BCUT2D eigenvalue weighted by atomic mass is 32.2. The van der Waals surface area contributed by atoms with Gasteiger partial charge in [-0.3, -0.25) is 0 Å². The van der Waals surface area contributed by atoms with Crippen LogP contribution < -0.4 is 10.0 Å². The molecule has 2 rings (SSSR count). The zero-order valence-electron chi connectivity index (χ0n) is 11.1. The lowest BCUT2D eigenvalue weighted by atomic mass is 10.2. The Morgan fingerprint density at radius 2 is 2.11 bits per heavy atom. The first kappa shape index (κ1) is 14.5. The molecular formula is C13H20N2O3S. The quantitative estimate of drug-likeness (QED) is 0.833. The van der Waals surface area contributed by atoms with Crippen LogP contribution in [0.2, 0.25) is 0 Å². The number of sulfonamides is 1. The molecule has 1 heterocycles. The minimum Gasteiger partial charge on any atom is -0.379 e. The SMILES string of the molecule is Cc1ccc(S(=O)(=O)NCCC2COCCN2)cc1. The van der Waals surface area contributed by atoms with Gasteiger partial charge in [0.05, 0.1) is 18.1 Å². The summed E-state index contributed by atoms with van der Waals surface area (Å²) in [5, 5.41) is 3.29. The average Bonchev–Trinajstić information content (AvgIpc) is 2.40. The number of aryl methyl sites for hydroxylation is 1. The lowest BCUT2D eigenvalue weighted by Gasteiger charge is -2.23. The van der Waals surface area contributed by atoms with Crippen molar-refractivity contribution in [2.75, 3.05) is 26.3 Å². The highest BCUT2D eigenvalue weighted by molar-refractivity contribution is 7.89. The topological polar surface area (TPSA) is 67.4 Å². The molecule has 6 heteroatoms. The molecule has 0 aliphatic carbocycles. The van der Waals surface area contributed by atoms with Gasteiger partial charge < -0.3 is 10.1 Å². The predicted molar refractivity (Wildman–Crippen MR) is 73.6 cm³/mol. The number of rotatable bonds is 5. The number of ether oxygens (including phenoxy) is 1. The van der Waals surface area contributed by atoms with E-state index in [9.17, 15) is 8.42 Å². The Morgan fingerprint density at radius 3 is 2.74 bits per heavy atom. The van der Waals surface area contributed by atoms with E-state index in [0.29, 0.717) is 18.0 Å². The number of nitrogens with one attached hydrogen (secondary N) is 2. The molecule has 1 fully saturated rings. The van der Waals surface area contributed by atoms with Crippen LogP contribution in [0, 0.1) is 6.92 Å². The van der Waals surface area contributed by atoms with E-state index in [1.54, 1.807) is 24.3 Å². The van der Waals surface area contributed by atoms with E-state index in [2.05, 4.69) is 10.0 Å². The monoisotopic (exact) mass is 284 g/mol. The van der Waals surface area contributed by atoms with Gasteiger partial charge in [0.25, 0.3) is 0 Å². The lowest BCUT2D eigenvalue weighted by molar-refractivity contribution is 0.0747. The van der Waals surface area contributed by atoms with Crippen molar-refractivity contribution in [3.8, 4) is 0 Å². The summed E-state index contributed by atoms with van der Waals surface area (Å²) in [6.07, 6.45) is 0.727. The van der Waals surface area contributed by atoms with Crippen LogP contribution in [0.4, 0.5) is 0 Å². The summed E-state index contributed by atoms with van der Waals surface area (Å²) >= 11 is 0. The summed E-state index contributed by atoms with van der Waals surface area (Å²) in [6.45, 7) is 4.54. The maximum atomic E-state index is 12.0. The zero-order chi connectivity index (χ0) is 13.7. The average molecular weight is 284 g/mol. The van der Waals surface area contributed by atoms with E-state index in [-0.39, 0.29) is 6.04 Å². The van der Waals surface area contributed by atoms with Crippen LogP contribution >= 0.6 is 0 Å². The molecule has 0 amide bonds. The molecule has 1 aliphatic heterocycles. The second-order valence-electron chi connectivity index (χ2n) is 4.73. The van der Waals surface area contributed by atoms with Crippen molar-refractivity contribution in [1.29, 1.82) is 0 Å². The summed E-state index contributed by atoms with van der Waals surface area (Å²) in [7, 11) is -3.40. The van der Waals surface area contributed by atoms with E-state index >= 15 is 0 Å². The van der Waals surface area contributed by atoms with E-state index in [1.807, 2.05) is 6.92 Å². The molecule has 0 aromatic heterocycles. The molecule has 1 unspecified atom stereocenters. The number of benzene rings is 1. The van der Waals surface area contributed by atoms with Gasteiger partial charge in [-0.1, -0.05) is 17.7 Å². The largest absolute Gasteiger partial charge is 0.379 e. The third-order valence-corrected chi connectivity index (χ3v) is 4.59. The van der Waals surface area contributed by atoms with Gasteiger partial charge in [-0.25, -0.2) is 13.1 Å². The maximum absolute atomic E-state index is 12.0. The van der Waals surface area contributed by atoms with Gasteiger partial charge in [-0.2, -0.15) is 0 Å². The first-order chi connectivity index (χ1) is 9.08. The van der Waals surface area contributed by atoms with Gasteiger partial charge in [0.2, 0.25) is 10.0 Å². The van der Waals surface area contributed by atoms with Crippen LogP contribution in [-0.4, -0.2) is 40.8 Å². The summed E-state index contributed by atoms with van der Waals surface area (Å²) in [4.78, 5) is 0.311. The number of hydrogen-bond acceptors (Lipinski definition) is 4. The standard InChI is InChI=1S/C13H20N2O3S/c1-11-2-4-13(5-3-11)19(16,17)15-7-6-12-10-18-9-8-14-12/h2-5,12,14-15H,6-10H2,1H3. The van der Waals surface area contributed by atoms with Crippen LogP contribution in [-0.2, 0) is 14.8 Å². The smallest absolute Gasteiger partial charge is 0.240 e. The Labute approximate surface area is 114 Å². The fourth-order valence-corrected chi connectivity index (χ4v) is 3.02. The molecular weight excluding hydrogens is 264 g/mol. The second-order valence-corrected chi connectivity index (χ2v) is 6.49. The Bertz CT molecular complexity index is 493. The molecule has 1 aromatic rings. The zero-order valence-corrected chi connectivity index (χ0v) is 11.9. The molecule has 0 spiro atoms. The fourth-order valence-electron chi connectivity index (χ4n) is 1.97. The molecule has 1 aliphatic rings. The van der Waals surface area contributed by atoms with E-state index in [4.69, 9.17) is 4.74 Å². The minimum absolute atomic E-state index is 0.231. The molecule has 1 atom stereocenters. The van der Waals surface area contributed by atoms with E-state index in [1.165, 1.54) is 0 Å². The Morgan fingerprint density at radius 1 is 1.37 bits per heavy atom. The van der Waals surface area contributed by atoms with Gasteiger partial charge in [-0.15, -0.1) is 0 Å². The summed E-state index contributed by atoms with van der Waals surface area (Å²) < 4.78 is 32.0. The van der Waals surface area contributed by atoms with Crippen molar-refractivity contribution in [3.63, 3.8) is 0 Å². The molecule has 1 saturated heterocycles. The minimum atomic E-state index is -3.40. The van der Waals surface area contributed by atoms with Crippen molar-refractivity contribution in [2.45, 2.75) is 24.3 Å². The molecule has 1 aromatic carbocycles. The lowest BCUT2D eigenvalue weighted by Crippen LogP contribution is -2.43. The molecule has 106 valence electrons. The summed E-state index contributed by atoms with van der Waals surface area (Å²) in [5.74, 6) is 0. The summed E-state index contributed by atoms with van der Waals surface area (Å²) in [5.41, 5.74) is 1.04. The Balaban J connectivity index is 1.85. The highest BCUT2D eigenvalue weighted by Crippen LogP contribution is 2.10. The molecule has 2 N–H and O–H groups in total. The van der Waals surface area contributed by atoms with Gasteiger partial charge in [0.15, 0.2) is 0 Å². The first-order valence-electron chi connectivity index (χ1n) is 6.45. The fraction of sp³-hybridized carbons (Fsp3) is 0.538. The van der Waals surface area contributed by atoms with Crippen molar-refractivity contribution in [3.05, 3.63) is 29.8 Å². The molecule has 0 radical (unpaired) electrons. The second kappa shape index (κ2) is 6.47. The molecule has 0 bridgehead atoms. The maximum Gasteiger partial charge on any atom is 0.240 e. The van der Waals surface area contributed by atoms with E-state index in [0.717, 1.165) is 25.1 Å². The van der Waals surface area contributed by atoms with Crippen LogP contribution in [0.15, 0.2) is 29.2 Å². The van der Waals surface area contributed by atoms with Crippen LogP contribution in [0.1, 0.15) is 12.0 Å². The van der Waals surface area contributed by atoms with E-state index < -0.39 is 10.0 Å². The van der Waals surface area contributed by atoms with Gasteiger partial charge in [0.1, 0.15) is 0 Å². The van der Waals surface area contributed by atoms with Crippen molar-refractivity contribution < 1.29 is 13.2 Å². The Hall–Kier alpha value is -0.950. The third kappa shape index (κ3) is 4.28. The number of morpholine rings is 1. The van der Waals surface area contributed by atoms with Gasteiger partial charge in [0, 0.05) is 19.1 Å². The normalized spacial score (nSPS) is 20.4. The van der Waals surface area contributed by atoms with Crippen LogP contribution in [0.5, 0.6) is 0 Å². The molecule has 5 nitrogen and oxygen atoms in total. The van der Waals surface area contributed by atoms with Crippen molar-refractivity contribution >= 4 is 10.0 Å². The summed E-state index contributed by atoms with van der Waals surface area (Å²) in [6, 6.07) is 7.07. The highest BCUT2D eigenvalue weighted by Gasteiger charge is 2.16. The van der Waals surface area contributed by atoms with Crippen LogP contribution in [0.3, 0.4) is 0 Å². The first-order valence-corrected chi connectivity index (χ1v) is 7.94. The van der Waals surface area contributed by atoms with Crippen LogP contribution in [0.25, 0.3) is 0 Å². The van der Waals surface area contributed by atoms with Gasteiger partial charge in [-0.05, 0) is 25.5 Å². The molecule has 0 saturated carbocycles. The van der Waals surface area contributed by atoms with Crippen molar-refractivity contribution in [1.82, 2.24) is 10.0 Å². The molecule has 19 heavy (non-hydrogen) atoms. The Kier molecular flexibility index (Phi) is 4.93. The third-order valence-electron chi connectivity index (χ3n) is 3.11. The van der Waals surface area contributed by atoms with Crippen molar-refractivity contribution in [2.24, 2.45) is 0 Å². The predicted octanol–water partition coefficient (Wildman–Crippen LogP) is 0.652.